The van der Waals surface area contributed by atoms with Crippen molar-refractivity contribution in [3.8, 4) is 0 Å². The quantitative estimate of drug-likeness (QED) is 0.150. The summed E-state index contributed by atoms with van der Waals surface area (Å²) in [6.07, 6.45) is 0. The van der Waals surface area contributed by atoms with Crippen LogP contribution < -0.4 is 20.9 Å². The molecule has 3 aromatic carbocycles. The van der Waals surface area contributed by atoms with Gasteiger partial charge in [-0.25, -0.2) is 14.8 Å². The molecule has 0 aliphatic rings. The molecule has 4 rings (SSSR count). The van der Waals surface area contributed by atoms with Crippen LogP contribution in [-0.2, 0) is 4.74 Å². The van der Waals surface area contributed by atoms with E-state index in [1.165, 1.54) is 7.11 Å². The molecule has 31 heavy (non-hydrogen) atoms. The van der Waals surface area contributed by atoms with Crippen molar-refractivity contribution in [2.75, 3.05) is 7.11 Å². The Morgan fingerprint density at radius 2 is 1.16 bits per heavy atom. The number of carbonyl (C=O) groups excluding carboxylic acids is 1. The summed E-state index contributed by atoms with van der Waals surface area (Å²) in [6, 6.07) is 30.1. The van der Waals surface area contributed by atoms with Gasteiger partial charge in [-0.1, -0.05) is 103 Å². The average Bonchev–Trinajstić information content (AvgIpc) is 2.81. The van der Waals surface area contributed by atoms with E-state index in [1.54, 1.807) is 0 Å². The van der Waals surface area contributed by atoms with Gasteiger partial charge in [0.15, 0.2) is 0 Å². The summed E-state index contributed by atoms with van der Waals surface area (Å²) >= 11 is 12.8. The second-order valence-corrected chi connectivity index (χ2v) is 11.2. The minimum absolute atomic E-state index is 0.0210. The Hall–Kier alpha value is -2.99. The highest BCUT2D eigenvalue weighted by Gasteiger charge is 2.46. The molecule has 0 radical (unpaired) electrons. The SMILES string of the molecule is COC(=O)c1c(Cl)nc(Cl)nc1[Si](c1ccccc1)(c1ccccc1)c1ccccc1. The minimum Gasteiger partial charge on any atom is -0.465 e. The predicted molar refractivity (Wildman–Crippen MR) is 127 cm³/mol. The molecule has 7 heteroatoms. The number of methoxy groups -OCH3 is 1. The number of carbonyl (C=O) groups is 1. The van der Waals surface area contributed by atoms with Crippen LogP contribution in [0.15, 0.2) is 91.0 Å². The van der Waals surface area contributed by atoms with Crippen LogP contribution in [0.1, 0.15) is 10.4 Å². The van der Waals surface area contributed by atoms with E-state index in [2.05, 4.69) is 46.4 Å². The number of esters is 1. The first-order valence-electron chi connectivity index (χ1n) is 9.57. The lowest BCUT2D eigenvalue weighted by Crippen LogP contribution is -2.76. The van der Waals surface area contributed by atoms with E-state index in [0.29, 0.717) is 5.32 Å². The first-order valence-corrected chi connectivity index (χ1v) is 12.3. The minimum atomic E-state index is -3.11. The van der Waals surface area contributed by atoms with Crippen molar-refractivity contribution in [2.45, 2.75) is 0 Å². The second-order valence-electron chi connectivity index (χ2n) is 6.85. The lowest BCUT2D eigenvalue weighted by Gasteiger charge is -2.34. The third-order valence-corrected chi connectivity index (χ3v) is 10.3. The Labute approximate surface area is 191 Å². The van der Waals surface area contributed by atoms with Crippen LogP contribution in [0.3, 0.4) is 0 Å². The molecular weight excluding hydrogens is 447 g/mol. The zero-order valence-corrected chi connectivity index (χ0v) is 19.1. The van der Waals surface area contributed by atoms with Crippen molar-refractivity contribution in [3.05, 3.63) is 107 Å². The maximum atomic E-state index is 12.9. The number of benzene rings is 3. The van der Waals surface area contributed by atoms with Crippen molar-refractivity contribution in [1.29, 1.82) is 0 Å². The molecule has 0 aliphatic carbocycles. The van der Waals surface area contributed by atoms with Gasteiger partial charge in [-0.2, -0.15) is 0 Å². The average molecular weight is 465 g/mol. The fourth-order valence-electron chi connectivity index (χ4n) is 3.94. The van der Waals surface area contributed by atoms with Crippen molar-refractivity contribution < 1.29 is 9.53 Å². The van der Waals surface area contributed by atoms with Gasteiger partial charge in [0.25, 0.3) is 0 Å². The van der Waals surface area contributed by atoms with Crippen LogP contribution >= 0.6 is 23.2 Å². The number of ether oxygens (including phenoxy) is 1. The zero-order chi connectivity index (χ0) is 21.8. The monoisotopic (exact) mass is 464 g/mol. The smallest absolute Gasteiger partial charge is 0.342 e. The van der Waals surface area contributed by atoms with Crippen molar-refractivity contribution >= 4 is 58.1 Å². The molecule has 4 nitrogen and oxygen atoms in total. The molecule has 1 aromatic heterocycles. The van der Waals surface area contributed by atoms with E-state index >= 15 is 0 Å². The zero-order valence-electron chi connectivity index (χ0n) is 16.6. The van der Waals surface area contributed by atoms with E-state index < -0.39 is 14.0 Å². The van der Waals surface area contributed by atoms with Crippen molar-refractivity contribution in [3.63, 3.8) is 0 Å². The Morgan fingerprint density at radius 3 is 1.55 bits per heavy atom. The molecule has 0 spiro atoms. The van der Waals surface area contributed by atoms with E-state index in [-0.39, 0.29) is 16.0 Å². The van der Waals surface area contributed by atoms with Crippen molar-refractivity contribution in [2.24, 2.45) is 0 Å². The molecule has 0 fully saturated rings. The standard InChI is InChI=1S/C24H18Cl2N2O2Si/c1-30-23(29)20-21(25)27-24(26)28-22(20)31(17-11-5-2-6-12-17,18-13-7-3-8-14-18)19-15-9-4-10-16-19/h2-16H,1H3. The summed E-state index contributed by atoms with van der Waals surface area (Å²) < 4.78 is 5.08. The summed E-state index contributed by atoms with van der Waals surface area (Å²) in [5.41, 5.74) is 0.136. The first kappa shape index (κ1) is 21.2. The van der Waals surface area contributed by atoms with Gasteiger partial charge in [0.1, 0.15) is 10.7 Å². The lowest BCUT2D eigenvalue weighted by atomic mass is 10.3. The van der Waals surface area contributed by atoms with Gasteiger partial charge in [-0.15, -0.1) is 0 Å². The third-order valence-electron chi connectivity index (χ3n) is 5.20. The van der Waals surface area contributed by atoms with Crippen molar-refractivity contribution in [1.82, 2.24) is 9.97 Å². The molecule has 0 amide bonds. The summed E-state index contributed by atoms with van der Waals surface area (Å²) in [6.45, 7) is 0. The normalized spacial score (nSPS) is 11.2. The van der Waals surface area contributed by atoms with Gasteiger partial charge in [-0.3, -0.25) is 0 Å². The fourth-order valence-corrected chi connectivity index (χ4v) is 9.31. The van der Waals surface area contributed by atoms with E-state index in [9.17, 15) is 4.79 Å². The highest BCUT2D eigenvalue weighted by Crippen LogP contribution is 2.19. The molecule has 4 aromatic rings. The summed E-state index contributed by atoms with van der Waals surface area (Å²) in [7, 11) is -1.79. The molecule has 1 heterocycles. The molecule has 0 aliphatic heterocycles. The number of hydrogen-bond donors (Lipinski definition) is 0. The van der Waals surface area contributed by atoms with Gasteiger partial charge in [0, 0.05) is 0 Å². The molecule has 0 atom stereocenters. The maximum Gasteiger partial charge on any atom is 0.342 e. The Bertz CT molecular complexity index is 1110. The maximum absolute atomic E-state index is 12.9. The fraction of sp³-hybridized carbons (Fsp3) is 0.0417. The van der Waals surface area contributed by atoms with Gasteiger partial charge in [0.2, 0.25) is 13.4 Å². The van der Waals surface area contributed by atoms with Crippen LogP contribution in [0.2, 0.25) is 10.4 Å². The van der Waals surface area contributed by atoms with Gasteiger partial charge in [0.05, 0.1) is 12.4 Å². The Balaban J connectivity index is 2.24. The van der Waals surface area contributed by atoms with E-state index in [4.69, 9.17) is 27.9 Å². The largest absolute Gasteiger partial charge is 0.465 e. The van der Waals surface area contributed by atoms with Crippen LogP contribution in [0.25, 0.3) is 0 Å². The van der Waals surface area contributed by atoms with Gasteiger partial charge in [-0.05, 0) is 27.2 Å². The van der Waals surface area contributed by atoms with Gasteiger partial charge >= 0.3 is 5.97 Å². The molecule has 0 saturated carbocycles. The van der Waals surface area contributed by atoms with Crippen LogP contribution in [0.5, 0.6) is 0 Å². The molecule has 0 bridgehead atoms. The molecule has 154 valence electrons. The van der Waals surface area contributed by atoms with E-state index in [0.717, 1.165) is 15.6 Å². The molecule has 0 saturated heterocycles. The second kappa shape index (κ2) is 9.02. The number of aromatic nitrogens is 2. The summed E-state index contributed by atoms with van der Waals surface area (Å²) in [5.74, 6) is -0.601. The lowest BCUT2D eigenvalue weighted by molar-refractivity contribution is 0.0601. The first-order chi connectivity index (χ1) is 15.1. The Kier molecular flexibility index (Phi) is 6.18. The number of halogens is 2. The van der Waals surface area contributed by atoms with Crippen LogP contribution in [0.4, 0.5) is 0 Å². The van der Waals surface area contributed by atoms with Crippen LogP contribution in [-0.4, -0.2) is 31.1 Å². The van der Waals surface area contributed by atoms with E-state index in [1.807, 2.05) is 54.6 Å². The summed E-state index contributed by atoms with van der Waals surface area (Å²) in [5, 5.41) is 3.54. The molecule has 0 unspecified atom stereocenters. The Morgan fingerprint density at radius 1 is 0.742 bits per heavy atom. The number of hydrogen-bond acceptors (Lipinski definition) is 4. The number of rotatable bonds is 5. The highest BCUT2D eigenvalue weighted by atomic mass is 35.5. The summed E-state index contributed by atoms with van der Waals surface area (Å²) in [4.78, 5) is 21.6. The van der Waals surface area contributed by atoms with Crippen LogP contribution in [0, 0.1) is 0 Å². The highest BCUT2D eigenvalue weighted by molar-refractivity contribution is 7.20. The van der Waals surface area contributed by atoms with Gasteiger partial charge < -0.3 is 4.74 Å². The molecule has 0 N–H and O–H groups in total. The molecular formula is C24H18Cl2N2O2Si. The predicted octanol–water partition coefficient (Wildman–Crippen LogP) is 2.95. The topological polar surface area (TPSA) is 52.1 Å². The number of nitrogens with zero attached hydrogens (tertiary/aromatic N) is 2. The third kappa shape index (κ3) is 3.76.